The summed E-state index contributed by atoms with van der Waals surface area (Å²) in [6.07, 6.45) is 0. The third kappa shape index (κ3) is 4.29. The summed E-state index contributed by atoms with van der Waals surface area (Å²) >= 11 is 0. The van der Waals surface area contributed by atoms with E-state index in [1.807, 2.05) is 7.05 Å². The molecule has 8 nitrogen and oxygen atoms in total. The van der Waals surface area contributed by atoms with Gasteiger partial charge >= 0.3 is 0 Å². The van der Waals surface area contributed by atoms with E-state index in [0.717, 1.165) is 19.6 Å². The van der Waals surface area contributed by atoms with E-state index < -0.39 is 15.6 Å². The second-order valence-corrected chi connectivity index (χ2v) is 9.22. The molecule has 1 aromatic heterocycles. The van der Waals surface area contributed by atoms with Crippen molar-refractivity contribution in [2.45, 2.75) is 37.2 Å². The minimum atomic E-state index is -3.57. The summed E-state index contributed by atoms with van der Waals surface area (Å²) in [5.74, 6) is 1.01. The van der Waals surface area contributed by atoms with Crippen LogP contribution in [-0.2, 0) is 10.0 Å². The molecule has 2 aromatic rings. The van der Waals surface area contributed by atoms with E-state index in [9.17, 15) is 8.42 Å². The molecular weight excluding hydrogens is 354 g/mol. The van der Waals surface area contributed by atoms with Crippen LogP contribution in [0.25, 0.3) is 11.5 Å². The minimum absolute atomic E-state index is 0.0666. The van der Waals surface area contributed by atoms with E-state index in [1.54, 1.807) is 45.0 Å². The van der Waals surface area contributed by atoms with Crippen molar-refractivity contribution in [3.05, 3.63) is 30.1 Å². The summed E-state index contributed by atoms with van der Waals surface area (Å²) in [7, 11) is -1.54. The largest absolute Gasteiger partial charge is 0.334 e. The SMILES string of the molecule is CN1CCNCC1c1noc(-c2ccc(S(=O)(=O)NC(C)(C)C)cc2)n1. The fourth-order valence-corrected chi connectivity index (χ4v) is 4.24. The zero-order chi connectivity index (χ0) is 18.9. The summed E-state index contributed by atoms with van der Waals surface area (Å²) in [6, 6.07) is 6.51. The van der Waals surface area contributed by atoms with E-state index in [-0.39, 0.29) is 10.9 Å². The fourth-order valence-electron chi connectivity index (χ4n) is 2.82. The lowest BCUT2D eigenvalue weighted by atomic mass is 10.1. The molecule has 1 aliphatic heterocycles. The highest BCUT2D eigenvalue weighted by Crippen LogP contribution is 2.24. The van der Waals surface area contributed by atoms with Gasteiger partial charge < -0.3 is 9.84 Å². The molecule has 142 valence electrons. The van der Waals surface area contributed by atoms with E-state index >= 15 is 0 Å². The third-order valence-electron chi connectivity index (χ3n) is 4.10. The number of sulfonamides is 1. The second-order valence-electron chi connectivity index (χ2n) is 7.54. The zero-order valence-corrected chi connectivity index (χ0v) is 16.3. The highest BCUT2D eigenvalue weighted by Gasteiger charge is 2.26. The number of aromatic nitrogens is 2. The molecular formula is C17H25N5O3S. The van der Waals surface area contributed by atoms with E-state index in [1.165, 1.54) is 0 Å². The molecule has 1 aromatic carbocycles. The van der Waals surface area contributed by atoms with E-state index in [2.05, 4.69) is 25.1 Å². The number of nitrogens with one attached hydrogen (secondary N) is 2. The van der Waals surface area contributed by atoms with Gasteiger partial charge in [0.2, 0.25) is 10.0 Å². The normalized spacial score (nSPS) is 19.6. The number of benzene rings is 1. The van der Waals surface area contributed by atoms with Gasteiger partial charge in [-0.05, 0) is 52.1 Å². The van der Waals surface area contributed by atoms with E-state index in [0.29, 0.717) is 17.3 Å². The summed E-state index contributed by atoms with van der Waals surface area (Å²) in [5.41, 5.74) is 0.142. The van der Waals surface area contributed by atoms with Gasteiger partial charge in [-0.15, -0.1) is 0 Å². The molecule has 2 heterocycles. The summed E-state index contributed by atoms with van der Waals surface area (Å²) in [4.78, 5) is 6.86. The lowest BCUT2D eigenvalue weighted by Crippen LogP contribution is -2.44. The molecule has 0 radical (unpaired) electrons. The Balaban J connectivity index is 1.79. The van der Waals surface area contributed by atoms with Gasteiger partial charge in [0.1, 0.15) is 0 Å². The van der Waals surface area contributed by atoms with Gasteiger partial charge in [0.05, 0.1) is 10.9 Å². The minimum Gasteiger partial charge on any atom is -0.334 e. The van der Waals surface area contributed by atoms with Crippen LogP contribution in [0, 0.1) is 0 Å². The Morgan fingerprint density at radius 3 is 2.58 bits per heavy atom. The van der Waals surface area contributed by atoms with Crippen molar-refractivity contribution >= 4 is 10.0 Å². The maximum atomic E-state index is 12.4. The molecule has 0 spiro atoms. The van der Waals surface area contributed by atoms with Gasteiger partial charge in [0, 0.05) is 30.7 Å². The van der Waals surface area contributed by atoms with Crippen molar-refractivity contribution in [1.82, 2.24) is 25.1 Å². The molecule has 1 saturated heterocycles. The molecule has 1 unspecified atom stereocenters. The first-order valence-corrected chi connectivity index (χ1v) is 10.0. The smallest absolute Gasteiger partial charge is 0.257 e. The summed E-state index contributed by atoms with van der Waals surface area (Å²) < 4.78 is 32.7. The Labute approximate surface area is 154 Å². The maximum absolute atomic E-state index is 12.4. The third-order valence-corrected chi connectivity index (χ3v) is 5.88. The predicted molar refractivity (Wildman–Crippen MR) is 98.0 cm³/mol. The molecule has 1 fully saturated rings. The van der Waals surface area contributed by atoms with Crippen molar-refractivity contribution in [2.24, 2.45) is 0 Å². The van der Waals surface area contributed by atoms with Crippen LogP contribution in [0.2, 0.25) is 0 Å². The van der Waals surface area contributed by atoms with Crippen LogP contribution in [-0.4, -0.2) is 55.7 Å². The van der Waals surface area contributed by atoms with Crippen LogP contribution in [0.15, 0.2) is 33.7 Å². The van der Waals surface area contributed by atoms with Crippen LogP contribution in [0.3, 0.4) is 0 Å². The van der Waals surface area contributed by atoms with Crippen LogP contribution in [0.1, 0.15) is 32.6 Å². The van der Waals surface area contributed by atoms with Crippen LogP contribution in [0.4, 0.5) is 0 Å². The number of hydrogen-bond acceptors (Lipinski definition) is 7. The molecule has 0 aliphatic carbocycles. The quantitative estimate of drug-likeness (QED) is 0.828. The summed E-state index contributed by atoms with van der Waals surface area (Å²) in [5, 5.41) is 7.41. The van der Waals surface area contributed by atoms with Crippen molar-refractivity contribution in [1.29, 1.82) is 0 Å². The Morgan fingerprint density at radius 1 is 1.27 bits per heavy atom. The lowest BCUT2D eigenvalue weighted by molar-refractivity contribution is 0.190. The van der Waals surface area contributed by atoms with Crippen LogP contribution >= 0.6 is 0 Å². The van der Waals surface area contributed by atoms with Crippen LogP contribution in [0.5, 0.6) is 0 Å². The Hall–Kier alpha value is -1.81. The molecule has 1 aliphatic rings. The Morgan fingerprint density at radius 2 is 1.96 bits per heavy atom. The molecule has 26 heavy (non-hydrogen) atoms. The fraction of sp³-hybridized carbons (Fsp3) is 0.529. The first-order valence-electron chi connectivity index (χ1n) is 8.55. The van der Waals surface area contributed by atoms with Gasteiger partial charge in [-0.3, -0.25) is 4.90 Å². The Kier molecular flexibility index (Phi) is 5.16. The van der Waals surface area contributed by atoms with Gasteiger partial charge in [0.25, 0.3) is 5.89 Å². The van der Waals surface area contributed by atoms with Gasteiger partial charge in [0.15, 0.2) is 5.82 Å². The molecule has 1 atom stereocenters. The summed E-state index contributed by atoms with van der Waals surface area (Å²) in [6.45, 7) is 8.03. The lowest BCUT2D eigenvalue weighted by Gasteiger charge is -2.30. The first-order chi connectivity index (χ1) is 12.2. The number of piperazine rings is 1. The van der Waals surface area contributed by atoms with Crippen molar-refractivity contribution in [2.75, 3.05) is 26.7 Å². The molecule has 3 rings (SSSR count). The topological polar surface area (TPSA) is 100 Å². The number of rotatable bonds is 4. The zero-order valence-electron chi connectivity index (χ0n) is 15.5. The number of likely N-dealkylation sites (N-methyl/N-ethyl adjacent to an activating group) is 1. The van der Waals surface area contributed by atoms with Crippen molar-refractivity contribution in [3.63, 3.8) is 0 Å². The first kappa shape index (κ1) is 19.0. The molecule has 9 heteroatoms. The highest BCUT2D eigenvalue weighted by atomic mass is 32.2. The maximum Gasteiger partial charge on any atom is 0.257 e. The van der Waals surface area contributed by atoms with Gasteiger partial charge in [-0.1, -0.05) is 5.16 Å². The van der Waals surface area contributed by atoms with Crippen molar-refractivity contribution in [3.8, 4) is 11.5 Å². The van der Waals surface area contributed by atoms with Gasteiger partial charge in [-0.2, -0.15) is 4.98 Å². The molecule has 2 N–H and O–H groups in total. The van der Waals surface area contributed by atoms with E-state index in [4.69, 9.17) is 4.52 Å². The average Bonchev–Trinajstić information content (AvgIpc) is 3.03. The highest BCUT2D eigenvalue weighted by molar-refractivity contribution is 7.89. The monoisotopic (exact) mass is 379 g/mol. The number of hydrogen-bond donors (Lipinski definition) is 2. The molecule has 0 bridgehead atoms. The standard InChI is InChI=1S/C17H25N5O3S/c1-17(2,3)21-26(23,24)13-7-5-12(6-8-13)16-19-15(20-25-16)14-11-18-9-10-22(14)4/h5-8,14,18,21H,9-11H2,1-4H3. The number of nitrogens with zero attached hydrogens (tertiary/aromatic N) is 3. The Bertz CT molecular complexity index is 855. The van der Waals surface area contributed by atoms with Crippen LogP contribution < -0.4 is 10.0 Å². The molecule has 0 saturated carbocycles. The average molecular weight is 379 g/mol. The predicted octanol–water partition coefficient (Wildman–Crippen LogP) is 1.39. The molecule has 0 amide bonds. The van der Waals surface area contributed by atoms with Gasteiger partial charge in [-0.25, -0.2) is 13.1 Å². The second kappa shape index (κ2) is 7.07. The van der Waals surface area contributed by atoms with Crippen molar-refractivity contribution < 1.29 is 12.9 Å².